The molecule has 25 heavy (non-hydrogen) atoms. The number of ether oxygens (including phenoxy) is 2. The Morgan fingerprint density at radius 3 is 2.56 bits per heavy atom. The molecule has 3 rings (SSSR count). The topological polar surface area (TPSA) is 46.6 Å². The normalized spacial score (nSPS) is 14.6. The second-order valence-electron chi connectivity index (χ2n) is 6.45. The summed E-state index contributed by atoms with van der Waals surface area (Å²) in [6.45, 7) is 9.15. The highest BCUT2D eigenvalue weighted by Crippen LogP contribution is 2.24. The van der Waals surface area contributed by atoms with Crippen molar-refractivity contribution >= 4 is 5.82 Å². The molecule has 5 nitrogen and oxygen atoms in total. The van der Waals surface area contributed by atoms with Crippen molar-refractivity contribution in [1.29, 1.82) is 0 Å². The second kappa shape index (κ2) is 8.32. The van der Waals surface area contributed by atoms with Gasteiger partial charge in [-0.3, -0.25) is 0 Å². The lowest BCUT2D eigenvalue weighted by atomic mass is 10.1. The van der Waals surface area contributed by atoms with Crippen molar-refractivity contribution in [3.05, 3.63) is 52.7 Å². The van der Waals surface area contributed by atoms with Crippen LogP contribution in [0.5, 0.6) is 5.75 Å². The predicted octanol–water partition coefficient (Wildman–Crippen LogP) is 2.83. The number of methoxy groups -OCH3 is 1. The standard InChI is InChI=1S/C20H27N3O2/c1-15-11-17(12-16(2)19(15)24-3)13-21-14-18-5-4-6-22-20(18)23-7-9-25-10-8-23/h4-6,11-12,21H,7-10,13-14H2,1-3H3. The zero-order valence-corrected chi connectivity index (χ0v) is 15.3. The Labute approximate surface area is 150 Å². The van der Waals surface area contributed by atoms with Crippen LogP contribution < -0.4 is 15.0 Å². The van der Waals surface area contributed by atoms with E-state index >= 15 is 0 Å². The molecule has 1 aromatic heterocycles. The molecule has 1 aromatic carbocycles. The van der Waals surface area contributed by atoms with Crippen molar-refractivity contribution in [3.63, 3.8) is 0 Å². The Hall–Kier alpha value is -2.11. The van der Waals surface area contributed by atoms with Crippen LogP contribution in [0.1, 0.15) is 22.3 Å². The predicted molar refractivity (Wildman–Crippen MR) is 100 cm³/mol. The molecule has 0 unspecified atom stereocenters. The molecule has 1 aliphatic heterocycles. The van der Waals surface area contributed by atoms with Crippen molar-refractivity contribution in [2.45, 2.75) is 26.9 Å². The molecule has 0 bridgehead atoms. The number of nitrogens with one attached hydrogen (secondary N) is 1. The van der Waals surface area contributed by atoms with E-state index in [2.05, 4.69) is 47.2 Å². The Balaban J connectivity index is 1.64. The van der Waals surface area contributed by atoms with Gasteiger partial charge in [-0.1, -0.05) is 18.2 Å². The van der Waals surface area contributed by atoms with E-state index in [1.54, 1.807) is 7.11 Å². The maximum atomic E-state index is 5.45. The third-order valence-electron chi connectivity index (χ3n) is 4.55. The van der Waals surface area contributed by atoms with Crippen LogP contribution in [0.25, 0.3) is 0 Å². The molecule has 0 radical (unpaired) electrons. The highest BCUT2D eigenvalue weighted by molar-refractivity contribution is 5.47. The molecule has 0 spiro atoms. The first-order chi connectivity index (χ1) is 12.2. The largest absolute Gasteiger partial charge is 0.496 e. The summed E-state index contributed by atoms with van der Waals surface area (Å²) in [5.41, 5.74) is 4.85. The first-order valence-electron chi connectivity index (χ1n) is 8.80. The summed E-state index contributed by atoms with van der Waals surface area (Å²) in [6, 6.07) is 8.52. The summed E-state index contributed by atoms with van der Waals surface area (Å²) >= 11 is 0. The van der Waals surface area contributed by atoms with Crippen LogP contribution in [0, 0.1) is 13.8 Å². The Bertz CT molecular complexity index is 689. The zero-order chi connectivity index (χ0) is 17.6. The Morgan fingerprint density at radius 2 is 1.88 bits per heavy atom. The van der Waals surface area contributed by atoms with Crippen molar-refractivity contribution in [1.82, 2.24) is 10.3 Å². The quantitative estimate of drug-likeness (QED) is 0.875. The fraction of sp³-hybridized carbons (Fsp3) is 0.450. The van der Waals surface area contributed by atoms with Gasteiger partial charge in [0.05, 0.1) is 20.3 Å². The lowest BCUT2D eigenvalue weighted by Crippen LogP contribution is -2.37. The molecule has 0 atom stereocenters. The maximum Gasteiger partial charge on any atom is 0.133 e. The summed E-state index contributed by atoms with van der Waals surface area (Å²) in [7, 11) is 1.73. The van der Waals surface area contributed by atoms with E-state index in [1.807, 2.05) is 12.3 Å². The van der Waals surface area contributed by atoms with E-state index in [0.717, 1.165) is 51.0 Å². The van der Waals surface area contributed by atoms with Crippen molar-refractivity contribution < 1.29 is 9.47 Å². The lowest BCUT2D eigenvalue weighted by Gasteiger charge is -2.29. The fourth-order valence-electron chi connectivity index (χ4n) is 3.43. The average molecular weight is 341 g/mol. The number of anilines is 1. The van der Waals surface area contributed by atoms with Gasteiger partial charge < -0.3 is 19.7 Å². The van der Waals surface area contributed by atoms with Crippen molar-refractivity contribution in [2.75, 3.05) is 38.3 Å². The fourth-order valence-corrected chi connectivity index (χ4v) is 3.43. The van der Waals surface area contributed by atoms with E-state index in [0.29, 0.717) is 0 Å². The van der Waals surface area contributed by atoms with E-state index in [-0.39, 0.29) is 0 Å². The molecule has 2 heterocycles. The van der Waals surface area contributed by atoms with Crippen LogP contribution in [-0.4, -0.2) is 38.4 Å². The van der Waals surface area contributed by atoms with Gasteiger partial charge in [0.25, 0.3) is 0 Å². The molecule has 1 aliphatic rings. The smallest absolute Gasteiger partial charge is 0.133 e. The van der Waals surface area contributed by atoms with Gasteiger partial charge in [-0.05, 0) is 36.6 Å². The number of hydrogen-bond acceptors (Lipinski definition) is 5. The molecule has 0 amide bonds. The number of benzene rings is 1. The van der Waals surface area contributed by atoms with E-state index in [9.17, 15) is 0 Å². The summed E-state index contributed by atoms with van der Waals surface area (Å²) in [5.74, 6) is 2.05. The van der Waals surface area contributed by atoms with Gasteiger partial charge in [-0.25, -0.2) is 4.98 Å². The Kier molecular flexibility index (Phi) is 5.89. The first kappa shape index (κ1) is 17.7. The summed E-state index contributed by atoms with van der Waals surface area (Å²) in [6.07, 6.45) is 1.87. The number of hydrogen-bond donors (Lipinski definition) is 1. The molecular weight excluding hydrogens is 314 g/mol. The highest BCUT2D eigenvalue weighted by atomic mass is 16.5. The molecule has 0 aliphatic carbocycles. The minimum Gasteiger partial charge on any atom is -0.496 e. The summed E-state index contributed by atoms with van der Waals surface area (Å²) in [4.78, 5) is 6.90. The molecule has 134 valence electrons. The van der Waals surface area contributed by atoms with Gasteiger partial charge in [-0.2, -0.15) is 0 Å². The van der Waals surface area contributed by atoms with Crippen molar-refractivity contribution in [2.24, 2.45) is 0 Å². The second-order valence-corrected chi connectivity index (χ2v) is 6.45. The van der Waals surface area contributed by atoms with Gasteiger partial charge in [-0.15, -0.1) is 0 Å². The van der Waals surface area contributed by atoms with Crippen molar-refractivity contribution in [3.8, 4) is 5.75 Å². The number of pyridine rings is 1. The van der Waals surface area contributed by atoms with Gasteiger partial charge in [0.1, 0.15) is 11.6 Å². The van der Waals surface area contributed by atoms with Crippen LogP contribution >= 0.6 is 0 Å². The van der Waals surface area contributed by atoms with Crippen LogP contribution in [0.4, 0.5) is 5.82 Å². The molecule has 0 saturated carbocycles. The maximum absolute atomic E-state index is 5.45. The highest BCUT2D eigenvalue weighted by Gasteiger charge is 2.15. The monoisotopic (exact) mass is 341 g/mol. The minimum absolute atomic E-state index is 0.772. The summed E-state index contributed by atoms with van der Waals surface area (Å²) in [5, 5.41) is 3.55. The van der Waals surface area contributed by atoms with Crippen LogP contribution in [0.3, 0.4) is 0 Å². The summed E-state index contributed by atoms with van der Waals surface area (Å²) < 4.78 is 10.9. The van der Waals surface area contributed by atoms with Crippen LogP contribution in [-0.2, 0) is 17.8 Å². The van der Waals surface area contributed by atoms with Gasteiger partial charge in [0.15, 0.2) is 0 Å². The van der Waals surface area contributed by atoms with Gasteiger partial charge in [0, 0.05) is 37.9 Å². The number of aryl methyl sites for hydroxylation is 2. The number of aromatic nitrogens is 1. The first-order valence-corrected chi connectivity index (χ1v) is 8.80. The number of morpholine rings is 1. The zero-order valence-electron chi connectivity index (χ0n) is 15.3. The minimum atomic E-state index is 0.772. The molecule has 1 saturated heterocycles. The van der Waals surface area contributed by atoms with Gasteiger partial charge >= 0.3 is 0 Å². The van der Waals surface area contributed by atoms with Crippen LogP contribution in [0.15, 0.2) is 30.5 Å². The van der Waals surface area contributed by atoms with E-state index < -0.39 is 0 Å². The number of nitrogens with zero attached hydrogens (tertiary/aromatic N) is 2. The third-order valence-corrected chi connectivity index (χ3v) is 4.55. The number of rotatable bonds is 6. The molecule has 5 heteroatoms. The molecule has 1 N–H and O–H groups in total. The van der Waals surface area contributed by atoms with E-state index in [4.69, 9.17) is 9.47 Å². The van der Waals surface area contributed by atoms with E-state index in [1.165, 1.54) is 22.3 Å². The Morgan fingerprint density at radius 1 is 1.16 bits per heavy atom. The SMILES string of the molecule is COc1c(C)cc(CNCc2cccnc2N2CCOCC2)cc1C. The van der Waals surface area contributed by atoms with Crippen LogP contribution in [0.2, 0.25) is 0 Å². The average Bonchev–Trinajstić information content (AvgIpc) is 2.63. The van der Waals surface area contributed by atoms with Gasteiger partial charge in [0.2, 0.25) is 0 Å². The molecule has 2 aromatic rings. The molecular formula is C20H27N3O2. The third kappa shape index (κ3) is 4.30. The molecule has 1 fully saturated rings. The lowest BCUT2D eigenvalue weighted by molar-refractivity contribution is 0.122.